The largest absolute Gasteiger partial charge is 0.390 e. The fraction of sp³-hybridized carbons (Fsp3) is 0.821. The van der Waals surface area contributed by atoms with Crippen LogP contribution in [0.3, 0.4) is 0 Å². The molecule has 192 valence electrons. The van der Waals surface area contributed by atoms with E-state index in [-0.39, 0.29) is 35.9 Å². The highest BCUT2D eigenvalue weighted by Gasteiger charge is 2.69. The lowest BCUT2D eigenvalue weighted by Gasteiger charge is -2.60. The molecule has 0 heterocycles. The van der Waals surface area contributed by atoms with Gasteiger partial charge in [0.2, 0.25) is 0 Å². The maximum atomic E-state index is 13.3. The van der Waals surface area contributed by atoms with Gasteiger partial charge >= 0.3 is 0 Å². The molecule has 0 aromatic carbocycles. The van der Waals surface area contributed by atoms with Crippen molar-refractivity contribution >= 4 is 5.78 Å². The first kappa shape index (κ1) is 26.0. The Bertz CT molecular complexity index is 891. The second-order valence-corrected chi connectivity index (χ2v) is 12.9. The van der Waals surface area contributed by atoms with Crippen LogP contribution in [0.2, 0.25) is 0 Å². The van der Waals surface area contributed by atoms with E-state index in [1.165, 1.54) is 0 Å². The highest BCUT2D eigenvalue weighted by molar-refractivity contribution is 5.95. The van der Waals surface area contributed by atoms with Crippen molar-refractivity contribution in [3.63, 3.8) is 0 Å². The fourth-order valence-electron chi connectivity index (χ4n) is 8.23. The predicted molar refractivity (Wildman–Crippen MR) is 130 cm³/mol. The van der Waals surface area contributed by atoms with Crippen molar-refractivity contribution in [3.8, 4) is 0 Å². The first-order chi connectivity index (χ1) is 15.6. The van der Waals surface area contributed by atoms with E-state index in [4.69, 9.17) is 0 Å². The predicted octanol–water partition coefficient (Wildman–Crippen LogP) is 2.91. The summed E-state index contributed by atoms with van der Waals surface area (Å²) < 4.78 is 0. The summed E-state index contributed by atoms with van der Waals surface area (Å²) in [5.41, 5.74) is -2.29. The Morgan fingerprint density at radius 1 is 1.18 bits per heavy atom. The van der Waals surface area contributed by atoms with Crippen LogP contribution in [-0.2, 0) is 4.79 Å². The average Bonchev–Trinajstić information content (AvgIpc) is 3.02. The first-order valence-corrected chi connectivity index (χ1v) is 13.0. The Morgan fingerprint density at radius 3 is 2.44 bits per heavy atom. The number of allylic oxidation sites excluding steroid dienone is 1. The van der Waals surface area contributed by atoms with E-state index in [2.05, 4.69) is 6.58 Å². The molecule has 0 aliphatic heterocycles. The number of aliphatic hydroxyl groups is 5. The summed E-state index contributed by atoms with van der Waals surface area (Å²) in [6.07, 6.45) is 2.07. The highest BCUT2D eigenvalue weighted by atomic mass is 16.3. The van der Waals surface area contributed by atoms with Crippen molar-refractivity contribution in [3.05, 3.63) is 23.8 Å². The number of hydrogen-bond acceptors (Lipinski definition) is 6. The number of hydrogen-bond donors (Lipinski definition) is 5. The van der Waals surface area contributed by atoms with E-state index in [9.17, 15) is 30.3 Å². The van der Waals surface area contributed by atoms with E-state index in [0.717, 1.165) is 17.6 Å². The lowest BCUT2D eigenvalue weighted by molar-refractivity contribution is -0.175. The lowest BCUT2D eigenvalue weighted by atomic mass is 9.45. The molecule has 0 radical (unpaired) electrons. The summed E-state index contributed by atoms with van der Waals surface area (Å²) in [5.74, 6) is -0.656. The summed E-state index contributed by atoms with van der Waals surface area (Å²) >= 11 is 0. The van der Waals surface area contributed by atoms with Gasteiger partial charge in [0, 0.05) is 11.3 Å². The van der Waals surface area contributed by atoms with Crippen LogP contribution in [0.25, 0.3) is 0 Å². The van der Waals surface area contributed by atoms with Crippen LogP contribution < -0.4 is 0 Å². The van der Waals surface area contributed by atoms with Crippen molar-refractivity contribution in [1.82, 2.24) is 0 Å². The average molecular weight is 477 g/mol. The fourth-order valence-corrected chi connectivity index (χ4v) is 8.23. The van der Waals surface area contributed by atoms with Gasteiger partial charge in [-0.15, -0.1) is 0 Å². The SMILES string of the molecule is C=C(C[C@@H](O)C(C)(O)[C@H]1CC[C@@]2(O)C3=CC(=O)[C@@H]4C[C@@H](O)[C@@H](O)C[C@]4(C)[C@H]3CC[C@]12C)C(C)C. The molecule has 0 amide bonds. The van der Waals surface area contributed by atoms with Crippen molar-refractivity contribution in [2.45, 2.75) is 109 Å². The van der Waals surface area contributed by atoms with Gasteiger partial charge in [-0.05, 0) is 86.7 Å². The molecule has 3 saturated carbocycles. The van der Waals surface area contributed by atoms with Gasteiger partial charge < -0.3 is 25.5 Å². The second kappa shape index (κ2) is 8.24. The molecule has 6 heteroatoms. The molecular formula is C28H44O6. The molecule has 5 N–H and O–H groups in total. The molecule has 0 spiro atoms. The van der Waals surface area contributed by atoms with E-state index < -0.39 is 40.3 Å². The van der Waals surface area contributed by atoms with Crippen LogP contribution >= 0.6 is 0 Å². The Kier molecular flexibility index (Phi) is 6.31. The number of rotatable bonds is 5. The Balaban J connectivity index is 1.68. The van der Waals surface area contributed by atoms with E-state index in [1.54, 1.807) is 13.0 Å². The van der Waals surface area contributed by atoms with Crippen molar-refractivity contribution in [1.29, 1.82) is 0 Å². The van der Waals surface area contributed by atoms with E-state index in [1.807, 2.05) is 27.7 Å². The van der Waals surface area contributed by atoms with Gasteiger partial charge in [0.15, 0.2) is 5.78 Å². The number of ketones is 1. The molecule has 4 aliphatic rings. The Hall–Kier alpha value is -1.05. The van der Waals surface area contributed by atoms with Crippen molar-refractivity contribution < 1.29 is 30.3 Å². The van der Waals surface area contributed by atoms with Gasteiger partial charge in [-0.25, -0.2) is 0 Å². The van der Waals surface area contributed by atoms with Crippen LogP contribution in [0.4, 0.5) is 0 Å². The van der Waals surface area contributed by atoms with Crippen LogP contribution in [0.1, 0.15) is 79.6 Å². The quantitative estimate of drug-likeness (QED) is 0.390. The van der Waals surface area contributed by atoms with Crippen LogP contribution in [0.5, 0.6) is 0 Å². The van der Waals surface area contributed by atoms with Gasteiger partial charge in [0.05, 0.1) is 29.5 Å². The van der Waals surface area contributed by atoms with Crippen LogP contribution in [0, 0.1) is 34.5 Å². The highest BCUT2D eigenvalue weighted by Crippen LogP contribution is 2.68. The second-order valence-electron chi connectivity index (χ2n) is 12.9. The molecular weight excluding hydrogens is 432 g/mol. The minimum Gasteiger partial charge on any atom is -0.390 e. The number of aliphatic hydroxyl groups excluding tert-OH is 3. The van der Waals surface area contributed by atoms with Crippen LogP contribution in [-0.4, -0.2) is 60.8 Å². The number of carbonyl (C=O) groups excluding carboxylic acids is 1. The van der Waals surface area contributed by atoms with Gasteiger partial charge in [0.25, 0.3) is 0 Å². The van der Waals surface area contributed by atoms with Crippen molar-refractivity contribution in [2.75, 3.05) is 0 Å². The molecule has 34 heavy (non-hydrogen) atoms. The molecule has 3 fully saturated rings. The smallest absolute Gasteiger partial charge is 0.159 e. The van der Waals surface area contributed by atoms with Crippen molar-refractivity contribution in [2.24, 2.45) is 34.5 Å². The zero-order valence-electron chi connectivity index (χ0n) is 21.4. The third-order valence-corrected chi connectivity index (χ3v) is 10.8. The van der Waals surface area contributed by atoms with E-state index in [0.29, 0.717) is 32.1 Å². The lowest BCUT2D eigenvalue weighted by Crippen LogP contribution is -2.62. The van der Waals surface area contributed by atoms with E-state index >= 15 is 0 Å². The third-order valence-electron chi connectivity index (χ3n) is 10.8. The topological polar surface area (TPSA) is 118 Å². The van der Waals surface area contributed by atoms with Gasteiger partial charge in [0.1, 0.15) is 0 Å². The normalized spacial score (nSPS) is 46.7. The summed E-state index contributed by atoms with van der Waals surface area (Å²) in [6, 6.07) is 0. The molecule has 4 rings (SSSR count). The maximum absolute atomic E-state index is 13.3. The summed E-state index contributed by atoms with van der Waals surface area (Å²) in [7, 11) is 0. The molecule has 0 aromatic rings. The zero-order chi connectivity index (χ0) is 25.4. The van der Waals surface area contributed by atoms with Gasteiger partial charge in [-0.2, -0.15) is 0 Å². The van der Waals surface area contributed by atoms with Crippen LogP contribution in [0.15, 0.2) is 23.8 Å². The van der Waals surface area contributed by atoms with Gasteiger partial charge in [-0.1, -0.05) is 39.8 Å². The summed E-state index contributed by atoms with van der Waals surface area (Å²) in [5, 5.41) is 55.6. The minimum absolute atomic E-state index is 0.0650. The standard InChI is InChI=1S/C28H44O6/c1-15(2)16(3)11-24(32)27(6,33)23-8-10-28(34)18-12-20(29)19-13-21(30)22(31)14-25(19,4)17(18)7-9-26(23,28)5/h12,15,17,19,21-24,30-34H,3,7-11,13-14H2,1-2,4-6H3/t17-,19-,21+,22-,23-,24+,25+,26+,27?,28+/m0/s1. The monoisotopic (exact) mass is 476 g/mol. The molecule has 6 nitrogen and oxygen atoms in total. The first-order valence-electron chi connectivity index (χ1n) is 13.0. The number of fused-ring (bicyclic) bond motifs is 5. The number of carbonyl (C=O) groups is 1. The third kappa shape index (κ3) is 3.51. The Labute approximate surface area is 203 Å². The summed E-state index contributed by atoms with van der Waals surface area (Å²) in [4.78, 5) is 13.3. The zero-order valence-corrected chi connectivity index (χ0v) is 21.4. The minimum atomic E-state index is -1.42. The maximum Gasteiger partial charge on any atom is 0.159 e. The molecule has 10 atom stereocenters. The molecule has 4 aliphatic carbocycles. The Morgan fingerprint density at radius 2 is 1.82 bits per heavy atom. The van der Waals surface area contributed by atoms with Gasteiger partial charge in [-0.3, -0.25) is 4.79 Å². The molecule has 0 bridgehead atoms. The molecule has 0 saturated heterocycles. The molecule has 1 unspecified atom stereocenters. The summed E-state index contributed by atoms with van der Waals surface area (Å²) in [6.45, 7) is 13.8. The molecule has 0 aromatic heterocycles.